The van der Waals surface area contributed by atoms with Gasteiger partial charge in [-0.1, -0.05) is 31.2 Å². The van der Waals surface area contributed by atoms with Crippen molar-refractivity contribution in [1.29, 1.82) is 0 Å². The Kier molecular flexibility index (Phi) is 6.78. The number of rotatable bonds is 10. The second-order valence-electron chi connectivity index (χ2n) is 8.17. The van der Waals surface area contributed by atoms with Crippen LogP contribution in [-0.4, -0.2) is 22.7 Å². The summed E-state index contributed by atoms with van der Waals surface area (Å²) in [6.45, 7) is 4.62. The molecule has 2 aromatic carbocycles. The number of carboxylic acid groups (broad SMARTS) is 1. The number of para-hydroxylation sites is 1. The number of carbonyl (C=O) groups is 1. The molecule has 6 heteroatoms. The molecule has 4 rings (SSSR count). The maximum Gasteiger partial charge on any atom is 0.307 e. The summed E-state index contributed by atoms with van der Waals surface area (Å²) in [6, 6.07) is 15.6. The van der Waals surface area contributed by atoms with Gasteiger partial charge >= 0.3 is 5.97 Å². The third-order valence-electron chi connectivity index (χ3n) is 6.13. The number of hydrogen-bond acceptors (Lipinski definition) is 5. The van der Waals surface area contributed by atoms with Gasteiger partial charge in [-0.2, -0.15) is 0 Å². The molecular formula is C26H29NO5. The molecular weight excluding hydrogens is 406 g/mol. The van der Waals surface area contributed by atoms with Crippen molar-refractivity contribution in [1.82, 2.24) is 4.98 Å². The molecule has 0 aliphatic heterocycles. The second-order valence-corrected chi connectivity index (χ2v) is 8.17. The van der Waals surface area contributed by atoms with E-state index >= 15 is 0 Å². The Morgan fingerprint density at radius 1 is 1.19 bits per heavy atom. The molecule has 1 aliphatic carbocycles. The molecule has 1 aromatic heterocycles. The summed E-state index contributed by atoms with van der Waals surface area (Å²) < 4.78 is 17.4. The summed E-state index contributed by atoms with van der Waals surface area (Å²) in [4.78, 5) is 16.1. The van der Waals surface area contributed by atoms with Crippen LogP contribution in [-0.2, 0) is 24.2 Å². The highest BCUT2D eigenvalue weighted by molar-refractivity contribution is 5.71. The standard InChI is InChI=1S/C26H29NO5/c1-3-21(26(28)29)23-11-9-18-15-20(10-12-22(18)23)30-14-13-24-17(2)32-25(27-24)16-31-19-7-5-4-6-8-19/h4-8,10,12,15,21,23H,3,9,11,13-14,16H2,1-2H3,(H,28,29). The highest BCUT2D eigenvalue weighted by Crippen LogP contribution is 2.41. The zero-order valence-electron chi connectivity index (χ0n) is 18.5. The van der Waals surface area contributed by atoms with Crippen LogP contribution in [0.25, 0.3) is 0 Å². The monoisotopic (exact) mass is 435 g/mol. The minimum atomic E-state index is -0.706. The van der Waals surface area contributed by atoms with Gasteiger partial charge in [0.05, 0.1) is 18.2 Å². The van der Waals surface area contributed by atoms with E-state index in [2.05, 4.69) is 11.1 Å². The topological polar surface area (TPSA) is 81.8 Å². The van der Waals surface area contributed by atoms with E-state index in [-0.39, 0.29) is 18.4 Å². The number of aliphatic carboxylic acids is 1. The Bertz CT molecular complexity index is 1060. The van der Waals surface area contributed by atoms with Crippen LogP contribution < -0.4 is 9.47 Å². The highest BCUT2D eigenvalue weighted by atomic mass is 16.5. The maximum absolute atomic E-state index is 11.6. The molecule has 0 saturated heterocycles. The van der Waals surface area contributed by atoms with Crippen molar-refractivity contribution in [2.45, 2.75) is 52.1 Å². The predicted octanol–water partition coefficient (Wildman–Crippen LogP) is 5.32. The molecule has 0 spiro atoms. The van der Waals surface area contributed by atoms with E-state index in [1.54, 1.807) is 0 Å². The van der Waals surface area contributed by atoms with E-state index in [0.29, 0.717) is 25.3 Å². The lowest BCUT2D eigenvalue weighted by Crippen LogP contribution is -2.19. The Balaban J connectivity index is 1.31. The van der Waals surface area contributed by atoms with Crippen LogP contribution in [0.3, 0.4) is 0 Å². The second kappa shape index (κ2) is 9.90. The van der Waals surface area contributed by atoms with Crippen molar-refractivity contribution in [3.8, 4) is 11.5 Å². The number of fused-ring (bicyclic) bond motifs is 1. The molecule has 1 N–H and O–H groups in total. The van der Waals surface area contributed by atoms with E-state index in [0.717, 1.165) is 41.4 Å². The molecule has 6 nitrogen and oxygen atoms in total. The van der Waals surface area contributed by atoms with Gasteiger partial charge in [-0.05, 0) is 67.5 Å². The number of ether oxygens (including phenoxy) is 2. The van der Waals surface area contributed by atoms with Gasteiger partial charge in [-0.25, -0.2) is 4.98 Å². The van der Waals surface area contributed by atoms with Crippen molar-refractivity contribution < 1.29 is 23.8 Å². The quantitative estimate of drug-likeness (QED) is 0.464. The van der Waals surface area contributed by atoms with Crippen molar-refractivity contribution in [3.05, 3.63) is 77.0 Å². The fourth-order valence-corrected chi connectivity index (χ4v) is 4.47. The summed E-state index contributed by atoms with van der Waals surface area (Å²) >= 11 is 0. The third kappa shape index (κ3) is 4.96. The average molecular weight is 436 g/mol. The first kappa shape index (κ1) is 21.9. The molecule has 0 radical (unpaired) electrons. The zero-order valence-corrected chi connectivity index (χ0v) is 18.5. The Morgan fingerprint density at radius 2 is 2.00 bits per heavy atom. The van der Waals surface area contributed by atoms with Crippen LogP contribution in [0.4, 0.5) is 0 Å². The smallest absolute Gasteiger partial charge is 0.307 e. The fraction of sp³-hybridized carbons (Fsp3) is 0.385. The largest absolute Gasteiger partial charge is 0.493 e. The summed E-state index contributed by atoms with van der Waals surface area (Å²) in [6.07, 6.45) is 3.06. The van der Waals surface area contributed by atoms with Crippen LogP contribution >= 0.6 is 0 Å². The Hall–Kier alpha value is -3.28. The molecule has 0 fully saturated rings. The van der Waals surface area contributed by atoms with E-state index in [9.17, 15) is 9.90 Å². The van der Waals surface area contributed by atoms with E-state index in [4.69, 9.17) is 13.9 Å². The van der Waals surface area contributed by atoms with Gasteiger partial charge in [0.1, 0.15) is 17.3 Å². The van der Waals surface area contributed by atoms with E-state index < -0.39 is 5.97 Å². The minimum absolute atomic E-state index is 0.0934. The molecule has 1 heterocycles. The number of benzene rings is 2. The fourth-order valence-electron chi connectivity index (χ4n) is 4.47. The number of oxazole rings is 1. The zero-order chi connectivity index (χ0) is 22.5. The molecule has 0 saturated carbocycles. The Labute approximate surface area is 188 Å². The molecule has 32 heavy (non-hydrogen) atoms. The third-order valence-corrected chi connectivity index (χ3v) is 6.13. The molecule has 0 bridgehead atoms. The predicted molar refractivity (Wildman–Crippen MR) is 120 cm³/mol. The van der Waals surface area contributed by atoms with Crippen LogP contribution in [0, 0.1) is 12.8 Å². The van der Waals surface area contributed by atoms with Gasteiger partial charge in [0.25, 0.3) is 0 Å². The molecule has 1 aliphatic rings. The van der Waals surface area contributed by atoms with Crippen molar-refractivity contribution in [3.63, 3.8) is 0 Å². The van der Waals surface area contributed by atoms with E-state index in [1.807, 2.05) is 56.3 Å². The first-order valence-electron chi connectivity index (χ1n) is 11.2. The lowest BCUT2D eigenvalue weighted by molar-refractivity contribution is -0.142. The summed E-state index contributed by atoms with van der Waals surface area (Å²) in [5, 5.41) is 9.51. The van der Waals surface area contributed by atoms with E-state index in [1.165, 1.54) is 5.56 Å². The first-order chi connectivity index (χ1) is 15.5. The van der Waals surface area contributed by atoms with Crippen molar-refractivity contribution >= 4 is 5.97 Å². The molecule has 168 valence electrons. The molecule has 0 amide bonds. The Morgan fingerprint density at radius 3 is 2.75 bits per heavy atom. The van der Waals surface area contributed by atoms with Gasteiger partial charge < -0.3 is 19.0 Å². The average Bonchev–Trinajstić information content (AvgIpc) is 3.36. The SMILES string of the molecule is CCC(C(=O)O)C1CCc2cc(OCCc3nc(COc4ccccc4)oc3C)ccc21. The van der Waals surface area contributed by atoms with Gasteiger partial charge in [0.2, 0.25) is 5.89 Å². The summed E-state index contributed by atoms with van der Waals surface area (Å²) in [5.74, 6) is 1.98. The molecule has 2 unspecified atom stereocenters. The van der Waals surface area contributed by atoms with Crippen LogP contribution in [0.2, 0.25) is 0 Å². The minimum Gasteiger partial charge on any atom is -0.493 e. The lowest BCUT2D eigenvalue weighted by Gasteiger charge is -2.19. The van der Waals surface area contributed by atoms with Gasteiger partial charge in [-0.15, -0.1) is 0 Å². The number of hydrogen-bond donors (Lipinski definition) is 1. The number of aryl methyl sites for hydroxylation is 2. The summed E-state index contributed by atoms with van der Waals surface area (Å²) in [7, 11) is 0. The first-order valence-corrected chi connectivity index (χ1v) is 11.2. The molecule has 3 aromatic rings. The number of carboxylic acids is 1. The van der Waals surface area contributed by atoms with Gasteiger partial charge in [0, 0.05) is 6.42 Å². The summed E-state index contributed by atoms with van der Waals surface area (Å²) in [5.41, 5.74) is 3.22. The maximum atomic E-state index is 11.6. The van der Waals surface area contributed by atoms with Crippen molar-refractivity contribution in [2.24, 2.45) is 5.92 Å². The normalized spacial score (nSPS) is 15.9. The van der Waals surface area contributed by atoms with Gasteiger partial charge in [0.15, 0.2) is 6.61 Å². The lowest BCUT2D eigenvalue weighted by atomic mass is 9.85. The molecule has 2 atom stereocenters. The van der Waals surface area contributed by atoms with Crippen LogP contribution in [0.15, 0.2) is 52.9 Å². The number of aromatic nitrogens is 1. The highest BCUT2D eigenvalue weighted by Gasteiger charge is 2.33. The van der Waals surface area contributed by atoms with Crippen LogP contribution in [0.1, 0.15) is 54.2 Å². The van der Waals surface area contributed by atoms with Crippen LogP contribution in [0.5, 0.6) is 11.5 Å². The van der Waals surface area contributed by atoms with Gasteiger partial charge in [-0.3, -0.25) is 4.79 Å². The number of nitrogens with zero attached hydrogens (tertiary/aromatic N) is 1. The van der Waals surface area contributed by atoms with Crippen molar-refractivity contribution in [2.75, 3.05) is 6.61 Å².